The zero-order chi connectivity index (χ0) is 6.04. The van der Waals surface area contributed by atoms with Crippen molar-refractivity contribution in [2.45, 2.75) is 6.42 Å². The van der Waals surface area contributed by atoms with Gasteiger partial charge in [-0.3, -0.25) is 0 Å². The van der Waals surface area contributed by atoms with Gasteiger partial charge < -0.3 is 5.21 Å². The predicted molar refractivity (Wildman–Crippen MR) is 31.6 cm³/mol. The molecule has 2 N–H and O–H groups in total. The lowest BCUT2D eigenvalue weighted by atomic mass is 10.5. The standard InChI is InChI=1S/C3H9N2O2P/c4-5(6)7-2-1-3-8-5/h8H,1-4H2. The summed E-state index contributed by atoms with van der Waals surface area (Å²) in [6.45, 7) is 0.507. The SMILES string of the molecule is N[N+]1([O-])OCCCP1. The van der Waals surface area contributed by atoms with E-state index in [1.165, 1.54) is 0 Å². The van der Waals surface area contributed by atoms with Gasteiger partial charge in [0.1, 0.15) is 15.3 Å². The Balaban J connectivity index is 2.33. The molecule has 0 aromatic carbocycles. The molecule has 0 radical (unpaired) electrons. The van der Waals surface area contributed by atoms with Crippen molar-refractivity contribution >= 4 is 8.73 Å². The Labute approximate surface area is 49.5 Å². The second-order valence-corrected chi connectivity index (χ2v) is 3.13. The van der Waals surface area contributed by atoms with E-state index in [9.17, 15) is 5.21 Å². The minimum absolute atomic E-state index is 0.166. The van der Waals surface area contributed by atoms with E-state index < -0.39 is 4.69 Å². The zero-order valence-electron chi connectivity index (χ0n) is 4.46. The molecular weight excluding hydrogens is 127 g/mol. The minimum atomic E-state index is -0.972. The van der Waals surface area contributed by atoms with Crippen molar-refractivity contribution in [2.75, 3.05) is 12.8 Å². The van der Waals surface area contributed by atoms with Crippen LogP contribution in [0.5, 0.6) is 0 Å². The van der Waals surface area contributed by atoms with E-state index in [-0.39, 0.29) is 8.73 Å². The molecule has 1 aliphatic rings. The first-order valence-corrected chi connectivity index (χ1v) is 3.64. The monoisotopic (exact) mass is 136 g/mol. The van der Waals surface area contributed by atoms with Crippen LogP contribution in [-0.4, -0.2) is 17.5 Å². The summed E-state index contributed by atoms with van der Waals surface area (Å²) in [4.78, 5) is 4.64. The van der Waals surface area contributed by atoms with Gasteiger partial charge in [-0.1, -0.05) is 0 Å². The third-order valence-electron chi connectivity index (χ3n) is 0.936. The van der Waals surface area contributed by atoms with Gasteiger partial charge in [-0.05, 0) is 6.42 Å². The Hall–Kier alpha value is 0.270. The summed E-state index contributed by atoms with van der Waals surface area (Å²) in [6.07, 6.45) is 1.87. The predicted octanol–water partition coefficient (Wildman–Crippen LogP) is 0.103. The topological polar surface area (TPSA) is 58.3 Å². The first-order valence-electron chi connectivity index (χ1n) is 2.49. The summed E-state index contributed by atoms with van der Waals surface area (Å²) in [6, 6.07) is 0. The second kappa shape index (κ2) is 2.25. The highest BCUT2D eigenvalue weighted by Crippen LogP contribution is 2.27. The third kappa shape index (κ3) is 1.65. The lowest BCUT2D eigenvalue weighted by Crippen LogP contribution is -2.43. The number of quaternary nitrogens is 1. The maximum Gasteiger partial charge on any atom is 0.144 e. The number of rotatable bonds is 0. The average molecular weight is 136 g/mol. The molecule has 5 heteroatoms. The highest BCUT2D eigenvalue weighted by molar-refractivity contribution is 7.31. The van der Waals surface area contributed by atoms with Crippen LogP contribution in [0, 0.1) is 5.21 Å². The summed E-state index contributed by atoms with van der Waals surface area (Å²) in [5, 5.41) is 10.6. The van der Waals surface area contributed by atoms with Crippen molar-refractivity contribution in [3.63, 3.8) is 0 Å². The second-order valence-electron chi connectivity index (χ2n) is 1.69. The molecule has 0 amide bonds. The molecule has 0 aromatic heterocycles. The van der Waals surface area contributed by atoms with Gasteiger partial charge in [-0.25, -0.2) is 0 Å². The fourth-order valence-corrected chi connectivity index (χ4v) is 1.35. The van der Waals surface area contributed by atoms with Crippen molar-refractivity contribution in [3.05, 3.63) is 5.21 Å². The van der Waals surface area contributed by atoms with Crippen molar-refractivity contribution < 1.29 is 9.53 Å². The first-order chi connectivity index (χ1) is 3.71. The van der Waals surface area contributed by atoms with Gasteiger partial charge >= 0.3 is 0 Å². The number of hydrogen-bond donors (Lipinski definition) is 1. The molecule has 0 aromatic rings. The Morgan fingerprint density at radius 3 is 2.75 bits per heavy atom. The lowest BCUT2D eigenvalue weighted by Gasteiger charge is -2.34. The molecule has 1 rings (SSSR count). The Kier molecular flexibility index (Phi) is 1.80. The minimum Gasteiger partial charge on any atom is -0.577 e. The van der Waals surface area contributed by atoms with Crippen LogP contribution in [0.15, 0.2) is 0 Å². The molecule has 2 atom stereocenters. The Bertz CT molecular complexity index is 79.4. The van der Waals surface area contributed by atoms with E-state index in [1.807, 2.05) is 0 Å². The molecule has 48 valence electrons. The van der Waals surface area contributed by atoms with Crippen LogP contribution >= 0.6 is 8.73 Å². The summed E-state index contributed by atoms with van der Waals surface area (Å²) < 4.78 is -0.972. The van der Waals surface area contributed by atoms with E-state index >= 15 is 0 Å². The number of nitrogens with zero attached hydrogens (tertiary/aromatic N) is 1. The van der Waals surface area contributed by atoms with Crippen LogP contribution < -0.4 is 5.84 Å². The Morgan fingerprint density at radius 2 is 2.50 bits per heavy atom. The van der Waals surface area contributed by atoms with Crippen molar-refractivity contribution in [1.82, 2.24) is 0 Å². The summed E-state index contributed by atoms with van der Waals surface area (Å²) >= 11 is 0. The van der Waals surface area contributed by atoms with Gasteiger partial charge in [0.25, 0.3) is 0 Å². The highest BCUT2D eigenvalue weighted by atomic mass is 31.1. The van der Waals surface area contributed by atoms with Gasteiger partial charge in [-0.2, -0.15) is 4.84 Å². The molecule has 0 saturated carbocycles. The van der Waals surface area contributed by atoms with Crippen LogP contribution in [0.3, 0.4) is 0 Å². The fourth-order valence-electron chi connectivity index (χ4n) is 0.553. The molecule has 1 heterocycles. The normalized spacial score (nSPS) is 42.8. The van der Waals surface area contributed by atoms with E-state index in [1.54, 1.807) is 0 Å². The molecule has 8 heavy (non-hydrogen) atoms. The van der Waals surface area contributed by atoms with Crippen LogP contribution in [-0.2, 0) is 4.84 Å². The molecule has 0 aliphatic carbocycles. The Morgan fingerprint density at radius 1 is 1.75 bits per heavy atom. The van der Waals surface area contributed by atoms with E-state index in [0.29, 0.717) is 6.61 Å². The average Bonchev–Trinajstić information content (AvgIpc) is 1.65. The number of nitrogens with two attached hydrogens (primary N) is 1. The quantitative estimate of drug-likeness (QED) is 0.292. The fraction of sp³-hybridized carbons (Fsp3) is 1.00. The van der Waals surface area contributed by atoms with Gasteiger partial charge in [0, 0.05) is 6.16 Å². The molecule has 0 spiro atoms. The van der Waals surface area contributed by atoms with Crippen molar-refractivity contribution in [3.8, 4) is 0 Å². The summed E-state index contributed by atoms with van der Waals surface area (Å²) in [7, 11) is 0.166. The van der Waals surface area contributed by atoms with Gasteiger partial charge in [0.2, 0.25) is 0 Å². The van der Waals surface area contributed by atoms with E-state index in [2.05, 4.69) is 4.84 Å². The van der Waals surface area contributed by atoms with E-state index in [0.717, 1.165) is 12.6 Å². The largest absolute Gasteiger partial charge is 0.577 e. The molecule has 2 unspecified atom stereocenters. The lowest BCUT2D eigenvalue weighted by molar-refractivity contribution is -0.977. The smallest absolute Gasteiger partial charge is 0.144 e. The van der Waals surface area contributed by atoms with Crippen molar-refractivity contribution in [2.24, 2.45) is 5.84 Å². The zero-order valence-corrected chi connectivity index (χ0v) is 5.46. The molecule has 1 saturated heterocycles. The van der Waals surface area contributed by atoms with Gasteiger partial charge in [0.05, 0.1) is 0 Å². The first kappa shape index (κ1) is 6.39. The van der Waals surface area contributed by atoms with Crippen LogP contribution in [0.2, 0.25) is 0 Å². The summed E-state index contributed by atoms with van der Waals surface area (Å²) in [5.74, 6) is 5.05. The number of hydrogen-bond acceptors (Lipinski definition) is 3. The van der Waals surface area contributed by atoms with Gasteiger partial charge in [-0.15, -0.1) is 10.5 Å². The van der Waals surface area contributed by atoms with Crippen molar-refractivity contribution in [1.29, 1.82) is 0 Å². The molecule has 1 aliphatic heterocycles. The molecular formula is C3H9N2O2P. The molecule has 0 bridgehead atoms. The van der Waals surface area contributed by atoms with Gasteiger partial charge in [0.15, 0.2) is 0 Å². The van der Waals surface area contributed by atoms with Crippen LogP contribution in [0.4, 0.5) is 0 Å². The maximum atomic E-state index is 10.6. The third-order valence-corrected chi connectivity index (χ3v) is 2.08. The molecule has 4 nitrogen and oxygen atoms in total. The summed E-state index contributed by atoms with van der Waals surface area (Å²) in [5.41, 5.74) is 0. The molecule has 1 fully saturated rings. The maximum absolute atomic E-state index is 10.6. The van der Waals surface area contributed by atoms with E-state index in [4.69, 9.17) is 5.84 Å². The van der Waals surface area contributed by atoms with Crippen LogP contribution in [0.25, 0.3) is 0 Å². The highest BCUT2D eigenvalue weighted by Gasteiger charge is 2.17. The van der Waals surface area contributed by atoms with Crippen LogP contribution in [0.1, 0.15) is 6.42 Å².